The second-order valence-corrected chi connectivity index (χ2v) is 5.10. The Morgan fingerprint density at radius 1 is 1.39 bits per heavy atom. The fourth-order valence-corrected chi connectivity index (χ4v) is 2.50. The Kier molecular flexibility index (Phi) is 3.99. The summed E-state index contributed by atoms with van der Waals surface area (Å²) in [4.78, 5) is 15.6. The minimum Gasteiger partial charge on any atom is -0.489 e. The van der Waals surface area contributed by atoms with E-state index in [1.807, 2.05) is 12.1 Å². The molecule has 0 radical (unpaired) electrons. The Morgan fingerprint density at radius 3 is 2.96 bits per heavy atom. The maximum atomic E-state index is 11.3. The van der Waals surface area contributed by atoms with Gasteiger partial charge < -0.3 is 20.0 Å². The molecule has 2 aromatic heterocycles. The summed E-state index contributed by atoms with van der Waals surface area (Å²) < 4.78 is 11.2. The van der Waals surface area contributed by atoms with E-state index in [-0.39, 0.29) is 5.56 Å². The molecule has 0 spiro atoms. The van der Waals surface area contributed by atoms with E-state index in [2.05, 4.69) is 4.98 Å². The lowest BCUT2D eigenvalue weighted by Gasteiger charge is -2.09. The lowest BCUT2D eigenvalue weighted by Crippen LogP contribution is -2.06. The molecule has 0 aliphatic rings. The van der Waals surface area contributed by atoms with Gasteiger partial charge in [-0.3, -0.25) is 4.98 Å². The number of nitrogens with two attached hydrogens (primary N) is 1. The maximum Gasteiger partial charge on any atom is 0.339 e. The molecule has 0 aliphatic heterocycles. The second-order valence-electron chi connectivity index (χ2n) is 5.10. The summed E-state index contributed by atoms with van der Waals surface area (Å²) >= 11 is 0. The van der Waals surface area contributed by atoms with Crippen molar-refractivity contribution >= 4 is 16.9 Å². The molecule has 0 aliphatic carbocycles. The standard InChI is InChI=1S/C17H16N2O4/c1-10-16(17(20)21)13-7-12(4-5-15(13)23-10)22-9-11-3-2-6-19-14(11)8-18/h2-7H,8-9,18H2,1H3,(H,20,21). The van der Waals surface area contributed by atoms with Crippen LogP contribution in [0.15, 0.2) is 40.9 Å². The van der Waals surface area contributed by atoms with Crippen molar-refractivity contribution in [2.45, 2.75) is 20.1 Å². The molecule has 23 heavy (non-hydrogen) atoms. The van der Waals surface area contributed by atoms with E-state index >= 15 is 0 Å². The Hall–Kier alpha value is -2.86. The average Bonchev–Trinajstić information content (AvgIpc) is 2.88. The number of benzene rings is 1. The van der Waals surface area contributed by atoms with Crippen molar-refractivity contribution in [3.8, 4) is 5.75 Å². The Labute approximate surface area is 132 Å². The molecule has 6 nitrogen and oxygen atoms in total. The topological polar surface area (TPSA) is 98.6 Å². The van der Waals surface area contributed by atoms with Crippen LogP contribution in [-0.2, 0) is 13.2 Å². The number of rotatable bonds is 5. The van der Waals surface area contributed by atoms with Crippen molar-refractivity contribution in [3.05, 3.63) is 59.1 Å². The summed E-state index contributed by atoms with van der Waals surface area (Å²) in [5.74, 6) is -0.0778. The molecule has 0 atom stereocenters. The summed E-state index contributed by atoms with van der Waals surface area (Å²) in [6.45, 7) is 2.28. The molecule has 0 bridgehead atoms. The third-order valence-electron chi connectivity index (χ3n) is 3.62. The number of hydrogen-bond donors (Lipinski definition) is 2. The smallest absolute Gasteiger partial charge is 0.339 e. The molecular weight excluding hydrogens is 296 g/mol. The number of hydrogen-bond acceptors (Lipinski definition) is 5. The van der Waals surface area contributed by atoms with Gasteiger partial charge >= 0.3 is 5.97 Å². The number of carbonyl (C=O) groups is 1. The Morgan fingerprint density at radius 2 is 2.22 bits per heavy atom. The molecule has 0 amide bonds. The minimum absolute atomic E-state index is 0.162. The first-order valence-corrected chi connectivity index (χ1v) is 7.12. The summed E-state index contributed by atoms with van der Waals surface area (Å²) in [5, 5.41) is 9.82. The molecule has 3 N–H and O–H groups in total. The highest BCUT2D eigenvalue weighted by atomic mass is 16.5. The van der Waals surface area contributed by atoms with E-state index in [9.17, 15) is 9.90 Å². The third kappa shape index (κ3) is 2.89. The lowest BCUT2D eigenvalue weighted by atomic mass is 10.1. The summed E-state index contributed by atoms with van der Waals surface area (Å²) in [5.41, 5.74) is 8.02. The van der Waals surface area contributed by atoms with Crippen LogP contribution in [0.25, 0.3) is 11.0 Å². The van der Waals surface area contributed by atoms with E-state index in [4.69, 9.17) is 14.9 Å². The van der Waals surface area contributed by atoms with Crippen LogP contribution in [0.3, 0.4) is 0 Å². The van der Waals surface area contributed by atoms with Crippen LogP contribution in [-0.4, -0.2) is 16.1 Å². The van der Waals surface area contributed by atoms with Crippen LogP contribution >= 0.6 is 0 Å². The van der Waals surface area contributed by atoms with Gasteiger partial charge in [-0.15, -0.1) is 0 Å². The van der Waals surface area contributed by atoms with Gasteiger partial charge in [0.25, 0.3) is 0 Å². The number of furan rings is 1. The van der Waals surface area contributed by atoms with Crippen LogP contribution in [0.5, 0.6) is 5.75 Å². The highest BCUT2D eigenvalue weighted by Gasteiger charge is 2.17. The second kappa shape index (κ2) is 6.10. The number of pyridine rings is 1. The molecule has 3 aromatic rings. The zero-order valence-corrected chi connectivity index (χ0v) is 12.6. The van der Waals surface area contributed by atoms with Gasteiger partial charge in [-0.2, -0.15) is 0 Å². The number of carboxylic acid groups (broad SMARTS) is 1. The number of carboxylic acids is 1. The Bertz CT molecular complexity index is 870. The van der Waals surface area contributed by atoms with Crippen molar-refractivity contribution in [3.63, 3.8) is 0 Å². The van der Waals surface area contributed by atoms with Crippen molar-refractivity contribution in [2.24, 2.45) is 5.73 Å². The van der Waals surface area contributed by atoms with Crippen LogP contribution in [0.4, 0.5) is 0 Å². The average molecular weight is 312 g/mol. The van der Waals surface area contributed by atoms with E-state index in [1.54, 1.807) is 31.3 Å². The number of ether oxygens (including phenoxy) is 1. The van der Waals surface area contributed by atoms with Gasteiger partial charge in [0.05, 0.1) is 5.69 Å². The summed E-state index contributed by atoms with van der Waals surface area (Å²) in [6.07, 6.45) is 1.69. The quantitative estimate of drug-likeness (QED) is 0.751. The molecule has 6 heteroatoms. The van der Waals surface area contributed by atoms with Gasteiger partial charge in [-0.25, -0.2) is 4.79 Å². The molecule has 118 valence electrons. The van der Waals surface area contributed by atoms with Gasteiger partial charge in [-0.1, -0.05) is 6.07 Å². The Balaban J connectivity index is 1.89. The maximum absolute atomic E-state index is 11.3. The van der Waals surface area contributed by atoms with Gasteiger partial charge in [0.1, 0.15) is 29.3 Å². The lowest BCUT2D eigenvalue weighted by molar-refractivity contribution is 0.0697. The molecule has 2 heterocycles. The number of aromatic carboxylic acids is 1. The SMILES string of the molecule is Cc1oc2ccc(OCc3cccnc3CN)cc2c1C(=O)O. The minimum atomic E-state index is -1.02. The van der Waals surface area contributed by atoms with Crippen molar-refractivity contribution in [1.82, 2.24) is 4.98 Å². The zero-order valence-electron chi connectivity index (χ0n) is 12.6. The van der Waals surface area contributed by atoms with E-state index < -0.39 is 5.97 Å². The van der Waals surface area contributed by atoms with Crippen LogP contribution < -0.4 is 10.5 Å². The number of nitrogens with zero attached hydrogens (tertiary/aromatic N) is 1. The molecule has 0 saturated heterocycles. The zero-order chi connectivity index (χ0) is 16.4. The summed E-state index contributed by atoms with van der Waals surface area (Å²) in [6, 6.07) is 8.85. The van der Waals surface area contributed by atoms with Crippen LogP contribution in [0, 0.1) is 6.92 Å². The molecule has 1 aromatic carbocycles. The van der Waals surface area contributed by atoms with Crippen molar-refractivity contribution < 1.29 is 19.1 Å². The predicted octanol–water partition coefficient (Wildman–Crippen LogP) is 2.87. The fourth-order valence-electron chi connectivity index (χ4n) is 2.50. The van der Waals surface area contributed by atoms with Crippen LogP contribution in [0.1, 0.15) is 27.4 Å². The first-order valence-electron chi connectivity index (χ1n) is 7.12. The van der Waals surface area contributed by atoms with Crippen molar-refractivity contribution in [1.29, 1.82) is 0 Å². The predicted molar refractivity (Wildman–Crippen MR) is 84.4 cm³/mol. The molecule has 0 fully saturated rings. The normalized spacial score (nSPS) is 10.9. The third-order valence-corrected chi connectivity index (χ3v) is 3.62. The monoisotopic (exact) mass is 312 g/mol. The van der Waals surface area contributed by atoms with Crippen molar-refractivity contribution in [2.75, 3.05) is 0 Å². The highest BCUT2D eigenvalue weighted by molar-refractivity contribution is 6.03. The molecular formula is C17H16N2O4. The number of aryl methyl sites for hydroxylation is 1. The fraction of sp³-hybridized carbons (Fsp3) is 0.176. The summed E-state index contributed by atoms with van der Waals surface area (Å²) in [7, 11) is 0. The van der Waals surface area contributed by atoms with E-state index in [0.717, 1.165) is 11.3 Å². The highest BCUT2D eigenvalue weighted by Crippen LogP contribution is 2.29. The molecule has 3 rings (SSSR count). The van der Waals surface area contributed by atoms with Crippen LogP contribution in [0.2, 0.25) is 0 Å². The van der Waals surface area contributed by atoms with E-state index in [0.29, 0.717) is 35.6 Å². The van der Waals surface area contributed by atoms with Gasteiger partial charge in [0, 0.05) is 23.7 Å². The van der Waals surface area contributed by atoms with Gasteiger partial charge in [0.15, 0.2) is 0 Å². The van der Waals surface area contributed by atoms with Gasteiger partial charge in [-0.05, 0) is 31.2 Å². The largest absolute Gasteiger partial charge is 0.489 e. The van der Waals surface area contributed by atoms with Gasteiger partial charge in [0.2, 0.25) is 0 Å². The first-order chi connectivity index (χ1) is 11.1. The van der Waals surface area contributed by atoms with E-state index in [1.165, 1.54) is 0 Å². The molecule has 0 unspecified atom stereocenters. The number of fused-ring (bicyclic) bond motifs is 1. The first kappa shape index (κ1) is 15.1. The molecule has 0 saturated carbocycles. The number of aromatic nitrogens is 1.